The molecular weight excluding hydrogens is 393 g/mol. The zero-order chi connectivity index (χ0) is 21.3. The Morgan fingerprint density at radius 3 is 2.70 bits per heavy atom. The van der Waals surface area contributed by atoms with Crippen LogP contribution >= 0.6 is 0 Å². The maximum absolute atomic E-state index is 13.8. The Hall–Kier alpha value is -3.28. The summed E-state index contributed by atoms with van der Waals surface area (Å²) >= 11 is 0. The second-order valence-electron chi connectivity index (χ2n) is 7.76. The van der Waals surface area contributed by atoms with Crippen LogP contribution in [0.1, 0.15) is 13.8 Å². The normalized spacial score (nSPS) is 15.6. The highest BCUT2D eigenvalue weighted by Gasteiger charge is 2.26. The zero-order valence-corrected chi connectivity index (χ0v) is 16.9. The van der Waals surface area contributed by atoms with Gasteiger partial charge < -0.3 is 20.4 Å². The van der Waals surface area contributed by atoms with Crippen molar-refractivity contribution in [2.45, 2.75) is 19.5 Å². The molecule has 0 saturated carbocycles. The summed E-state index contributed by atoms with van der Waals surface area (Å²) in [6.45, 7) is 5.88. The number of amides is 1. The zero-order valence-electron chi connectivity index (χ0n) is 16.9. The van der Waals surface area contributed by atoms with E-state index < -0.39 is 5.67 Å². The van der Waals surface area contributed by atoms with E-state index in [2.05, 4.69) is 25.4 Å². The summed E-state index contributed by atoms with van der Waals surface area (Å²) in [6, 6.07) is 3.46. The molecule has 0 bridgehead atoms. The van der Waals surface area contributed by atoms with Crippen LogP contribution in [0.2, 0.25) is 0 Å². The van der Waals surface area contributed by atoms with Crippen LogP contribution in [-0.2, 0) is 4.79 Å². The van der Waals surface area contributed by atoms with Gasteiger partial charge in [-0.2, -0.15) is 19.5 Å². The van der Waals surface area contributed by atoms with Gasteiger partial charge in [-0.05, 0) is 26.0 Å². The quantitative estimate of drug-likeness (QED) is 0.594. The molecule has 12 heteroatoms. The number of aromatic nitrogens is 5. The lowest BCUT2D eigenvalue weighted by molar-refractivity contribution is -0.131. The first-order chi connectivity index (χ1) is 14.3. The molecule has 11 nitrogen and oxygen atoms in total. The summed E-state index contributed by atoms with van der Waals surface area (Å²) < 4.78 is 20.4. The lowest BCUT2D eigenvalue weighted by Crippen LogP contribution is -2.52. The van der Waals surface area contributed by atoms with Crippen LogP contribution < -0.4 is 11.1 Å². The number of hydrogen-bond donors (Lipinski definition) is 2. The molecule has 1 saturated heterocycles. The molecular formula is C18H24FN9O2. The summed E-state index contributed by atoms with van der Waals surface area (Å²) in [5.41, 5.74) is 4.70. The van der Waals surface area contributed by atoms with Gasteiger partial charge >= 0.3 is 0 Å². The highest BCUT2D eigenvalue weighted by atomic mass is 19.1. The van der Waals surface area contributed by atoms with Gasteiger partial charge in [-0.15, -0.1) is 5.10 Å². The molecule has 1 aliphatic rings. The van der Waals surface area contributed by atoms with Crippen molar-refractivity contribution >= 4 is 23.6 Å². The SMILES string of the molecule is CC(C)(F)CN1CCN(C(=O)CNc2nc(N)n3nc(-c4ccco4)nc3n2)CC1. The summed E-state index contributed by atoms with van der Waals surface area (Å²) in [5.74, 6) is 1.25. The maximum atomic E-state index is 13.8. The molecule has 0 aliphatic carbocycles. The number of nitrogens with zero attached hydrogens (tertiary/aromatic N) is 7. The molecule has 0 aromatic carbocycles. The number of halogens is 1. The second kappa shape index (κ2) is 7.86. The fourth-order valence-electron chi connectivity index (χ4n) is 3.35. The number of hydrogen-bond acceptors (Lipinski definition) is 9. The average molecular weight is 417 g/mol. The Morgan fingerprint density at radius 1 is 1.27 bits per heavy atom. The van der Waals surface area contributed by atoms with Crippen molar-refractivity contribution in [3.8, 4) is 11.6 Å². The van der Waals surface area contributed by atoms with E-state index in [9.17, 15) is 9.18 Å². The van der Waals surface area contributed by atoms with Crippen LogP contribution in [0, 0.1) is 0 Å². The van der Waals surface area contributed by atoms with Gasteiger partial charge in [0, 0.05) is 32.7 Å². The molecule has 1 aliphatic heterocycles. The minimum Gasteiger partial charge on any atom is -0.461 e. The third kappa shape index (κ3) is 4.48. The fourth-order valence-corrected chi connectivity index (χ4v) is 3.35. The molecule has 0 radical (unpaired) electrons. The van der Waals surface area contributed by atoms with Crippen LogP contribution in [0.15, 0.2) is 22.8 Å². The van der Waals surface area contributed by atoms with E-state index in [-0.39, 0.29) is 30.1 Å². The fraction of sp³-hybridized carbons (Fsp3) is 0.500. The number of anilines is 2. The van der Waals surface area contributed by atoms with Gasteiger partial charge in [-0.3, -0.25) is 9.69 Å². The lowest BCUT2D eigenvalue weighted by atomic mass is 10.1. The average Bonchev–Trinajstić information content (AvgIpc) is 3.35. The predicted octanol–water partition coefficient (Wildman–Crippen LogP) is 0.666. The van der Waals surface area contributed by atoms with Crippen LogP contribution in [0.5, 0.6) is 0 Å². The Morgan fingerprint density at radius 2 is 2.03 bits per heavy atom. The molecule has 3 N–H and O–H groups in total. The van der Waals surface area contributed by atoms with Gasteiger partial charge in [0.2, 0.25) is 23.6 Å². The number of nitrogens with one attached hydrogen (secondary N) is 1. The van der Waals surface area contributed by atoms with E-state index in [1.165, 1.54) is 10.8 Å². The maximum Gasteiger partial charge on any atom is 0.259 e. The van der Waals surface area contributed by atoms with Gasteiger partial charge in [-0.1, -0.05) is 0 Å². The van der Waals surface area contributed by atoms with Gasteiger partial charge in [0.1, 0.15) is 5.67 Å². The Labute approximate surface area is 172 Å². The highest BCUT2D eigenvalue weighted by molar-refractivity contribution is 5.80. The molecule has 1 fully saturated rings. The minimum atomic E-state index is -1.25. The number of fused-ring (bicyclic) bond motifs is 1. The van der Waals surface area contributed by atoms with Crippen molar-refractivity contribution in [3.05, 3.63) is 18.4 Å². The molecule has 0 spiro atoms. The Balaban J connectivity index is 1.36. The van der Waals surface area contributed by atoms with Crippen LogP contribution in [0.3, 0.4) is 0 Å². The molecule has 1 amide bonds. The summed E-state index contributed by atoms with van der Waals surface area (Å²) in [4.78, 5) is 29.0. The third-order valence-electron chi connectivity index (χ3n) is 4.70. The number of nitrogen functional groups attached to an aromatic ring is 1. The summed E-state index contributed by atoms with van der Waals surface area (Å²) in [7, 11) is 0. The van der Waals surface area contributed by atoms with E-state index in [4.69, 9.17) is 10.2 Å². The third-order valence-corrected chi connectivity index (χ3v) is 4.70. The number of carbonyl (C=O) groups is 1. The van der Waals surface area contributed by atoms with Gasteiger partial charge in [-0.25, -0.2) is 4.39 Å². The highest BCUT2D eigenvalue weighted by Crippen LogP contribution is 2.18. The molecule has 0 atom stereocenters. The van der Waals surface area contributed by atoms with Crippen molar-refractivity contribution in [2.75, 3.05) is 50.3 Å². The van der Waals surface area contributed by atoms with Gasteiger partial charge in [0.25, 0.3) is 5.78 Å². The van der Waals surface area contributed by atoms with Crippen LogP contribution in [0.25, 0.3) is 17.4 Å². The number of carbonyl (C=O) groups excluding carboxylic acids is 1. The van der Waals surface area contributed by atoms with Crippen molar-refractivity contribution in [1.29, 1.82) is 0 Å². The number of furan rings is 1. The monoisotopic (exact) mass is 417 g/mol. The largest absolute Gasteiger partial charge is 0.461 e. The number of piperazine rings is 1. The van der Waals surface area contributed by atoms with Crippen molar-refractivity contribution in [2.24, 2.45) is 0 Å². The molecule has 4 rings (SSSR count). The van der Waals surface area contributed by atoms with E-state index in [0.717, 1.165) is 0 Å². The molecule has 3 aromatic rings. The lowest BCUT2D eigenvalue weighted by Gasteiger charge is -2.36. The van der Waals surface area contributed by atoms with E-state index in [1.54, 1.807) is 30.9 Å². The number of nitrogens with two attached hydrogens (primary N) is 1. The molecule has 3 aromatic heterocycles. The standard InChI is InChI=1S/C18H24FN9O2/c1-18(2,19)11-26-5-7-27(8-6-26)13(29)10-21-16-23-15(20)28-17(24-16)22-14(25-28)12-4-3-9-30-12/h3-4,9H,5-8,10-11H2,1-2H3,(H3,20,21,22,23,24,25). The van der Waals surface area contributed by atoms with Crippen molar-refractivity contribution < 1.29 is 13.6 Å². The van der Waals surface area contributed by atoms with Crippen LogP contribution in [-0.4, -0.2) is 85.2 Å². The van der Waals surface area contributed by atoms with Gasteiger partial charge in [0.05, 0.1) is 12.8 Å². The topological polar surface area (TPSA) is 131 Å². The van der Waals surface area contributed by atoms with Crippen molar-refractivity contribution in [3.63, 3.8) is 0 Å². The first kappa shape index (κ1) is 20.0. The molecule has 30 heavy (non-hydrogen) atoms. The van der Waals surface area contributed by atoms with E-state index >= 15 is 0 Å². The number of alkyl halides is 1. The van der Waals surface area contributed by atoms with E-state index in [0.29, 0.717) is 44.3 Å². The first-order valence-electron chi connectivity index (χ1n) is 9.65. The number of rotatable bonds is 6. The first-order valence-corrected chi connectivity index (χ1v) is 9.65. The second-order valence-corrected chi connectivity index (χ2v) is 7.76. The molecule has 160 valence electrons. The van der Waals surface area contributed by atoms with E-state index in [1.807, 2.05) is 4.90 Å². The molecule has 4 heterocycles. The smallest absolute Gasteiger partial charge is 0.259 e. The Bertz CT molecular complexity index is 1020. The predicted molar refractivity (Wildman–Crippen MR) is 107 cm³/mol. The van der Waals surface area contributed by atoms with Crippen LogP contribution in [0.4, 0.5) is 16.3 Å². The molecule has 0 unspecified atom stereocenters. The minimum absolute atomic E-state index is 0.0173. The van der Waals surface area contributed by atoms with Gasteiger partial charge in [0.15, 0.2) is 5.76 Å². The summed E-state index contributed by atoms with van der Waals surface area (Å²) in [5, 5.41) is 7.12. The Kier molecular flexibility index (Phi) is 5.24. The summed E-state index contributed by atoms with van der Waals surface area (Å²) in [6.07, 6.45) is 1.52. The van der Waals surface area contributed by atoms with Crippen molar-refractivity contribution in [1.82, 2.24) is 34.4 Å².